The van der Waals surface area contributed by atoms with E-state index in [1.807, 2.05) is 0 Å². The van der Waals surface area contributed by atoms with E-state index in [1.54, 1.807) is 0 Å². The lowest BCUT2D eigenvalue weighted by Crippen LogP contribution is -2.59. The molecule has 0 aliphatic carbocycles. The summed E-state index contributed by atoms with van der Waals surface area (Å²) in [5.41, 5.74) is 16.9. The van der Waals surface area contributed by atoms with Crippen LogP contribution in [0.2, 0.25) is 0 Å². The lowest BCUT2D eigenvalue weighted by molar-refractivity contribution is -0.144. The zero-order chi connectivity index (χ0) is 47.3. The van der Waals surface area contributed by atoms with Gasteiger partial charge in [0.1, 0.15) is 48.3 Å². The van der Waals surface area contributed by atoms with E-state index >= 15 is 0 Å². The minimum atomic E-state index is -1.21. The first kappa shape index (κ1) is 53.4. The monoisotopic (exact) mass is 907 g/mol. The van der Waals surface area contributed by atoms with Gasteiger partial charge >= 0.3 is 5.97 Å². The Bertz CT molecular complexity index is 1610. The highest BCUT2D eigenvalue weighted by Gasteiger charge is 2.41. The highest BCUT2D eigenvalue weighted by molar-refractivity contribution is 5.98. The highest BCUT2D eigenvalue weighted by atomic mass is 16.4. The topological polar surface area (TPSA) is 343 Å². The van der Waals surface area contributed by atoms with Crippen molar-refractivity contribution in [2.24, 2.45) is 17.2 Å². The van der Waals surface area contributed by atoms with Gasteiger partial charge in [-0.3, -0.25) is 38.4 Å². The van der Waals surface area contributed by atoms with Crippen molar-refractivity contribution in [3.05, 3.63) is 0 Å². The van der Waals surface area contributed by atoms with E-state index in [4.69, 9.17) is 17.2 Å². The van der Waals surface area contributed by atoms with E-state index in [2.05, 4.69) is 37.2 Å². The van der Waals surface area contributed by atoms with Gasteiger partial charge in [0.2, 0.25) is 47.3 Å². The van der Waals surface area contributed by atoms with Crippen LogP contribution < -0.4 is 54.4 Å². The average molecular weight is 907 g/mol. The molecule has 0 unspecified atom stereocenters. The molecule has 0 bridgehead atoms. The van der Waals surface area contributed by atoms with E-state index in [-0.39, 0.29) is 44.3 Å². The van der Waals surface area contributed by atoms with E-state index in [0.717, 1.165) is 6.42 Å². The molecule has 9 atom stereocenters. The van der Waals surface area contributed by atoms with E-state index in [9.17, 15) is 48.3 Å². The van der Waals surface area contributed by atoms with Crippen LogP contribution in [0.1, 0.15) is 117 Å². The summed E-state index contributed by atoms with van der Waals surface area (Å²) in [6, 6.07) is -8.70. The maximum Gasteiger partial charge on any atom is 0.326 e. The van der Waals surface area contributed by atoms with Crippen molar-refractivity contribution in [2.45, 2.75) is 171 Å². The molecule has 3 saturated heterocycles. The van der Waals surface area contributed by atoms with Crippen LogP contribution in [-0.2, 0) is 43.2 Å². The molecule has 3 rings (SSSR count). The number of unbranched alkanes of at least 4 members (excludes halogenated alkanes) is 3. The van der Waals surface area contributed by atoms with Gasteiger partial charge in [-0.2, -0.15) is 0 Å². The molecule has 0 radical (unpaired) electrons. The molecule has 3 fully saturated rings. The lowest BCUT2D eigenvalue weighted by Gasteiger charge is -2.31. The number of likely N-dealkylation sites (tertiary alicyclic amines) is 2. The Morgan fingerprint density at radius 3 is 1.27 bits per heavy atom. The van der Waals surface area contributed by atoms with E-state index < -0.39 is 95.7 Å². The van der Waals surface area contributed by atoms with Gasteiger partial charge in [0.15, 0.2) is 0 Å². The van der Waals surface area contributed by atoms with Crippen LogP contribution in [-0.4, -0.2) is 162 Å². The number of carboxylic acids is 1. The fourth-order valence-corrected chi connectivity index (χ4v) is 8.19. The number of hydrogen-bond acceptors (Lipinski definition) is 13. The minimum absolute atomic E-state index is 0.168. The van der Waals surface area contributed by atoms with Crippen LogP contribution in [0.15, 0.2) is 0 Å². The molecule has 22 heteroatoms. The SMILES string of the molecule is C[C@H](NC(=O)[C@@H]1CCCN1)C(=O)N[C@@H](CCCCN)C(=O)N1CCC[C@H]1C(=O)N[C@@H](C)C(=O)N[C@@H](CCCCN)C(=O)N1CCC[C@H]1C(=O)N[C@@H](C)C(=O)N[C@@H](CCCCN)C(=O)O. The molecule has 3 aliphatic rings. The summed E-state index contributed by atoms with van der Waals surface area (Å²) in [4.78, 5) is 122. The number of carboxylic acid groups (broad SMARTS) is 1. The minimum Gasteiger partial charge on any atom is -0.480 e. The molecule has 14 N–H and O–H groups in total. The Hall–Kier alpha value is -4.93. The van der Waals surface area contributed by atoms with Gasteiger partial charge in [0, 0.05) is 13.1 Å². The van der Waals surface area contributed by atoms with Crippen LogP contribution >= 0.6 is 0 Å². The molecule has 22 nitrogen and oxygen atoms in total. The second kappa shape index (κ2) is 27.4. The molecule has 3 aliphatic heterocycles. The first-order valence-corrected chi connectivity index (χ1v) is 23.0. The molecular formula is C42H74N12O10. The number of nitrogens with zero attached hydrogens (tertiary/aromatic N) is 2. The number of carbonyl (C=O) groups is 9. The zero-order valence-electron chi connectivity index (χ0n) is 37.8. The first-order valence-electron chi connectivity index (χ1n) is 23.0. The summed E-state index contributed by atoms with van der Waals surface area (Å²) in [6.45, 7) is 6.67. The number of nitrogens with two attached hydrogens (primary N) is 3. The Balaban J connectivity index is 1.64. The molecular weight excluding hydrogens is 833 g/mol. The molecule has 0 aromatic heterocycles. The van der Waals surface area contributed by atoms with Gasteiger partial charge in [-0.05, 0) is 143 Å². The van der Waals surface area contributed by atoms with Crippen molar-refractivity contribution in [2.75, 3.05) is 39.3 Å². The van der Waals surface area contributed by atoms with Crippen molar-refractivity contribution >= 4 is 53.2 Å². The summed E-state index contributed by atoms with van der Waals surface area (Å²) in [6.07, 6.45) is 6.92. The molecule has 0 aromatic rings. The second-order valence-electron chi connectivity index (χ2n) is 17.1. The molecule has 0 spiro atoms. The summed E-state index contributed by atoms with van der Waals surface area (Å²) in [7, 11) is 0. The highest BCUT2D eigenvalue weighted by Crippen LogP contribution is 2.22. The summed E-state index contributed by atoms with van der Waals surface area (Å²) in [5, 5.41) is 28.6. The molecule has 0 saturated carbocycles. The van der Waals surface area contributed by atoms with Crippen LogP contribution in [0.4, 0.5) is 0 Å². The Morgan fingerprint density at radius 1 is 0.531 bits per heavy atom. The van der Waals surface area contributed by atoms with Crippen molar-refractivity contribution in [1.29, 1.82) is 0 Å². The predicted molar refractivity (Wildman–Crippen MR) is 235 cm³/mol. The normalized spacial score (nSPS) is 21.1. The van der Waals surface area contributed by atoms with Crippen LogP contribution in [0.25, 0.3) is 0 Å². The van der Waals surface area contributed by atoms with Gasteiger partial charge in [0.25, 0.3) is 0 Å². The van der Waals surface area contributed by atoms with E-state index in [0.29, 0.717) is 96.8 Å². The van der Waals surface area contributed by atoms with Crippen molar-refractivity contribution in [3.63, 3.8) is 0 Å². The molecule has 3 heterocycles. The van der Waals surface area contributed by atoms with Crippen LogP contribution in [0.5, 0.6) is 0 Å². The summed E-state index contributed by atoms with van der Waals surface area (Å²) >= 11 is 0. The van der Waals surface area contributed by atoms with Gasteiger partial charge in [-0.15, -0.1) is 0 Å². The van der Waals surface area contributed by atoms with Crippen molar-refractivity contribution in [3.8, 4) is 0 Å². The fourth-order valence-electron chi connectivity index (χ4n) is 8.19. The van der Waals surface area contributed by atoms with Gasteiger partial charge in [-0.25, -0.2) is 4.79 Å². The largest absolute Gasteiger partial charge is 0.480 e. The number of hydrogen-bond donors (Lipinski definition) is 11. The molecule has 8 amide bonds. The maximum absolute atomic E-state index is 14.1. The maximum atomic E-state index is 14.1. The summed E-state index contributed by atoms with van der Waals surface area (Å²) in [5.74, 6) is -5.61. The Morgan fingerprint density at radius 2 is 0.906 bits per heavy atom. The number of nitrogens with one attached hydrogen (secondary N) is 7. The standard InChI is InChI=1S/C42H74N12O10/c1-25(47-37(58)28-16-10-22-46-28)34(55)50-29(13-4-7-19-43)40(61)53-23-11-17-32(53)38(59)48-26(2)35(56)51-30(14-5-8-20-44)41(62)54-24-12-18-33(54)39(60)49-27(3)36(57)52-31(42(63)64)15-6-9-21-45/h25-33,46H,4-24,43-45H2,1-3H3,(H,47,58)(H,48,59)(H,49,60)(H,50,55)(H,51,56)(H,52,57)(H,63,64)/t25-,26-,27-,28-,29-,30-,31-,32-,33-/m0/s1. The lowest BCUT2D eigenvalue weighted by atomic mass is 10.1. The Labute approximate surface area is 375 Å². The van der Waals surface area contributed by atoms with Crippen LogP contribution in [0.3, 0.4) is 0 Å². The third-order valence-electron chi connectivity index (χ3n) is 12.0. The van der Waals surface area contributed by atoms with Gasteiger partial charge < -0.3 is 69.3 Å². The Kier molecular flexibility index (Phi) is 22.9. The van der Waals surface area contributed by atoms with Crippen molar-refractivity contribution < 1.29 is 48.3 Å². The first-order chi connectivity index (χ1) is 30.5. The molecule has 362 valence electrons. The van der Waals surface area contributed by atoms with Crippen LogP contribution in [0, 0.1) is 0 Å². The van der Waals surface area contributed by atoms with Gasteiger partial charge in [-0.1, -0.05) is 0 Å². The number of aliphatic carboxylic acids is 1. The molecule has 64 heavy (non-hydrogen) atoms. The second-order valence-corrected chi connectivity index (χ2v) is 17.1. The smallest absolute Gasteiger partial charge is 0.326 e. The quantitative estimate of drug-likeness (QED) is 0.0370. The predicted octanol–water partition coefficient (Wildman–Crippen LogP) is -2.84. The number of amides is 8. The number of rotatable bonds is 27. The van der Waals surface area contributed by atoms with Gasteiger partial charge in [0.05, 0.1) is 6.04 Å². The third kappa shape index (κ3) is 16.3. The van der Waals surface area contributed by atoms with E-state index in [1.165, 1.54) is 30.6 Å². The average Bonchev–Trinajstić information content (AvgIpc) is 4.08. The molecule has 0 aromatic carbocycles. The number of carbonyl (C=O) groups excluding carboxylic acids is 8. The third-order valence-corrected chi connectivity index (χ3v) is 12.0. The fraction of sp³-hybridized carbons (Fsp3) is 0.786. The van der Waals surface area contributed by atoms with Crippen molar-refractivity contribution in [1.82, 2.24) is 47.0 Å². The zero-order valence-corrected chi connectivity index (χ0v) is 37.8. The summed E-state index contributed by atoms with van der Waals surface area (Å²) < 4.78 is 0.